The number of hydrogen-bond acceptors (Lipinski definition) is 2. The zero-order valence-corrected chi connectivity index (χ0v) is 10.1. The Balaban J connectivity index is 4.37. The molecule has 1 N–H and O–H groups in total. The van der Waals surface area contributed by atoms with Crippen LogP contribution in [0.25, 0.3) is 4.85 Å². The van der Waals surface area contributed by atoms with E-state index in [0.29, 0.717) is 6.61 Å². The molecular formula is C11H20N2O2. The minimum atomic E-state index is -0.642. The second kappa shape index (κ2) is 5.72. The Morgan fingerprint density at radius 1 is 1.53 bits per heavy atom. The third-order valence-corrected chi connectivity index (χ3v) is 2.00. The third-order valence-electron chi connectivity index (χ3n) is 2.00. The summed E-state index contributed by atoms with van der Waals surface area (Å²) >= 11 is 0. The molecule has 4 nitrogen and oxygen atoms in total. The average Bonchev–Trinajstić information content (AvgIpc) is 2.02. The van der Waals surface area contributed by atoms with Gasteiger partial charge in [0.1, 0.15) is 0 Å². The van der Waals surface area contributed by atoms with Crippen LogP contribution in [0.1, 0.15) is 27.7 Å². The second-order valence-electron chi connectivity index (χ2n) is 4.76. The Morgan fingerprint density at radius 3 is 2.40 bits per heavy atom. The van der Waals surface area contributed by atoms with Crippen molar-refractivity contribution in [3.63, 3.8) is 0 Å². The van der Waals surface area contributed by atoms with Gasteiger partial charge in [-0.1, -0.05) is 20.8 Å². The van der Waals surface area contributed by atoms with Crippen LogP contribution in [0.2, 0.25) is 0 Å². The van der Waals surface area contributed by atoms with E-state index >= 15 is 0 Å². The van der Waals surface area contributed by atoms with Crippen molar-refractivity contribution in [2.24, 2.45) is 5.41 Å². The number of carbonyl (C=O) groups excluding carboxylic acids is 1. The fourth-order valence-electron chi connectivity index (χ4n) is 1.26. The molecule has 0 saturated carbocycles. The van der Waals surface area contributed by atoms with Gasteiger partial charge in [0, 0.05) is 18.6 Å². The largest absolute Gasteiger partial charge is 0.383 e. The molecule has 4 heteroatoms. The molecule has 0 aliphatic carbocycles. The molecule has 1 amide bonds. The Kier molecular flexibility index (Phi) is 5.31. The average molecular weight is 212 g/mol. The fourth-order valence-corrected chi connectivity index (χ4v) is 1.26. The van der Waals surface area contributed by atoms with Crippen LogP contribution >= 0.6 is 0 Å². The Morgan fingerprint density at radius 2 is 2.07 bits per heavy atom. The number of methoxy groups -OCH3 is 1. The van der Waals surface area contributed by atoms with Gasteiger partial charge in [0.2, 0.25) is 0 Å². The van der Waals surface area contributed by atoms with Gasteiger partial charge in [-0.3, -0.25) is 4.79 Å². The molecule has 0 radical (unpaired) electrons. The summed E-state index contributed by atoms with van der Waals surface area (Å²) in [6, 6.07) is -0.703. The van der Waals surface area contributed by atoms with E-state index in [0.717, 1.165) is 0 Å². The fraction of sp³-hybridized carbons (Fsp3) is 0.818. The molecule has 0 bridgehead atoms. The minimum Gasteiger partial charge on any atom is -0.383 e. The van der Waals surface area contributed by atoms with Crippen LogP contribution in [0, 0.1) is 12.0 Å². The molecule has 0 aromatic carbocycles. The third kappa shape index (κ3) is 4.80. The highest BCUT2D eigenvalue weighted by atomic mass is 16.5. The summed E-state index contributed by atoms with van der Waals surface area (Å²) in [6.45, 7) is 15.0. The molecule has 2 unspecified atom stereocenters. The van der Waals surface area contributed by atoms with Crippen molar-refractivity contribution in [3.8, 4) is 0 Å². The van der Waals surface area contributed by atoms with Crippen LogP contribution in [0.15, 0.2) is 0 Å². The first-order chi connectivity index (χ1) is 6.82. The van der Waals surface area contributed by atoms with Crippen molar-refractivity contribution < 1.29 is 9.53 Å². The van der Waals surface area contributed by atoms with Crippen molar-refractivity contribution in [2.75, 3.05) is 13.7 Å². The van der Waals surface area contributed by atoms with Crippen LogP contribution in [0.5, 0.6) is 0 Å². The molecular weight excluding hydrogens is 192 g/mol. The summed E-state index contributed by atoms with van der Waals surface area (Å²) in [5.74, 6) is -0.220. The van der Waals surface area contributed by atoms with Gasteiger partial charge in [0.15, 0.2) is 0 Å². The number of nitrogens with one attached hydrogen (secondary N) is 1. The van der Waals surface area contributed by atoms with Crippen molar-refractivity contribution in [3.05, 3.63) is 11.4 Å². The number of amides is 1. The SMILES string of the molecule is [C-]#[N+]C(C(=O)NC(C)COC)C(C)(C)C. The summed E-state index contributed by atoms with van der Waals surface area (Å²) in [7, 11) is 1.58. The first kappa shape index (κ1) is 13.9. The highest BCUT2D eigenvalue weighted by Crippen LogP contribution is 2.22. The molecule has 2 atom stereocenters. The second-order valence-corrected chi connectivity index (χ2v) is 4.76. The molecule has 0 aliphatic heterocycles. The van der Waals surface area contributed by atoms with Gasteiger partial charge in [0.05, 0.1) is 6.61 Å². The molecule has 0 saturated heterocycles. The van der Waals surface area contributed by atoms with E-state index in [1.807, 2.05) is 27.7 Å². The Hall–Kier alpha value is -1.08. The zero-order valence-electron chi connectivity index (χ0n) is 10.1. The van der Waals surface area contributed by atoms with E-state index in [9.17, 15) is 4.79 Å². The predicted molar refractivity (Wildman–Crippen MR) is 59.3 cm³/mol. The van der Waals surface area contributed by atoms with Crippen LogP contribution in [0.3, 0.4) is 0 Å². The number of nitrogens with zero attached hydrogens (tertiary/aromatic N) is 1. The standard InChI is InChI=1S/C11H20N2O2/c1-8(7-15-6)13-10(14)9(12-5)11(2,3)4/h8-9H,7H2,1-4,6H3,(H,13,14). The lowest BCUT2D eigenvalue weighted by Gasteiger charge is -2.21. The zero-order chi connectivity index (χ0) is 12.1. The molecule has 0 spiro atoms. The van der Waals surface area contributed by atoms with E-state index in [1.54, 1.807) is 7.11 Å². The smallest absolute Gasteiger partial charge is 0.304 e. The monoisotopic (exact) mass is 212 g/mol. The van der Waals surface area contributed by atoms with Crippen LogP contribution in [-0.2, 0) is 9.53 Å². The van der Waals surface area contributed by atoms with Crippen molar-refractivity contribution in [1.82, 2.24) is 5.32 Å². The molecule has 0 heterocycles. The quantitative estimate of drug-likeness (QED) is 0.717. The van der Waals surface area contributed by atoms with Gasteiger partial charge < -0.3 is 14.9 Å². The maximum Gasteiger partial charge on any atom is 0.304 e. The number of rotatable bonds is 4. The molecule has 0 rings (SSSR count). The lowest BCUT2D eigenvalue weighted by Crippen LogP contribution is -2.45. The molecule has 15 heavy (non-hydrogen) atoms. The maximum atomic E-state index is 11.7. The van der Waals surface area contributed by atoms with Gasteiger partial charge >= 0.3 is 11.9 Å². The Bertz CT molecular complexity index is 250. The molecule has 0 aromatic heterocycles. The first-order valence-electron chi connectivity index (χ1n) is 4.98. The van der Waals surface area contributed by atoms with Crippen molar-refractivity contribution >= 4 is 5.91 Å². The molecule has 86 valence electrons. The highest BCUT2D eigenvalue weighted by Gasteiger charge is 2.37. The summed E-state index contributed by atoms with van der Waals surface area (Å²) in [6.07, 6.45) is 0. The summed E-state index contributed by atoms with van der Waals surface area (Å²) in [5.41, 5.74) is -0.335. The van der Waals surface area contributed by atoms with E-state index in [4.69, 9.17) is 11.3 Å². The van der Waals surface area contributed by atoms with Gasteiger partial charge in [-0.05, 0) is 6.92 Å². The summed E-state index contributed by atoms with van der Waals surface area (Å²) in [5, 5.41) is 2.76. The maximum absolute atomic E-state index is 11.7. The van der Waals surface area contributed by atoms with Crippen molar-refractivity contribution in [2.45, 2.75) is 39.8 Å². The van der Waals surface area contributed by atoms with Crippen LogP contribution in [-0.4, -0.2) is 31.7 Å². The molecule has 0 aromatic rings. The van der Waals surface area contributed by atoms with Gasteiger partial charge in [-0.2, -0.15) is 0 Å². The number of hydrogen-bond donors (Lipinski definition) is 1. The van der Waals surface area contributed by atoms with Gasteiger partial charge in [-0.15, -0.1) is 0 Å². The van der Waals surface area contributed by atoms with Crippen LogP contribution < -0.4 is 5.32 Å². The number of carbonyl (C=O) groups is 1. The topological polar surface area (TPSA) is 42.7 Å². The van der Waals surface area contributed by atoms with Gasteiger partial charge in [0.25, 0.3) is 0 Å². The van der Waals surface area contributed by atoms with Crippen molar-refractivity contribution in [1.29, 1.82) is 0 Å². The van der Waals surface area contributed by atoms with E-state index in [2.05, 4.69) is 10.2 Å². The number of ether oxygens (including phenoxy) is 1. The molecule has 0 fully saturated rings. The molecule has 0 aliphatic rings. The first-order valence-corrected chi connectivity index (χ1v) is 4.98. The van der Waals surface area contributed by atoms with E-state index in [-0.39, 0.29) is 17.4 Å². The lowest BCUT2D eigenvalue weighted by molar-refractivity contribution is -0.124. The lowest BCUT2D eigenvalue weighted by atomic mass is 9.86. The summed E-state index contributed by atoms with van der Waals surface area (Å²) in [4.78, 5) is 15.1. The normalized spacial score (nSPS) is 15.2. The van der Waals surface area contributed by atoms with Crippen LogP contribution in [0.4, 0.5) is 0 Å². The highest BCUT2D eigenvalue weighted by molar-refractivity contribution is 5.84. The Labute approximate surface area is 91.8 Å². The summed E-state index contributed by atoms with van der Waals surface area (Å²) < 4.78 is 4.91. The minimum absolute atomic E-state index is 0.0610. The van der Waals surface area contributed by atoms with E-state index < -0.39 is 6.04 Å². The van der Waals surface area contributed by atoms with E-state index in [1.165, 1.54) is 0 Å². The van der Waals surface area contributed by atoms with Gasteiger partial charge in [-0.25, -0.2) is 6.57 Å². The predicted octanol–water partition coefficient (Wildman–Crippen LogP) is 1.47.